The van der Waals surface area contributed by atoms with Gasteiger partial charge in [-0.2, -0.15) is 0 Å². The van der Waals surface area contributed by atoms with Crippen LogP contribution in [0.1, 0.15) is 11.1 Å². The van der Waals surface area contributed by atoms with Crippen molar-refractivity contribution in [3.05, 3.63) is 69.8 Å². The van der Waals surface area contributed by atoms with Crippen LogP contribution in [-0.4, -0.2) is 66.3 Å². The minimum Gasteiger partial charge on any atom is -0.340 e. The van der Waals surface area contributed by atoms with Crippen LogP contribution in [0.2, 0.25) is 0 Å². The highest BCUT2D eigenvalue weighted by molar-refractivity contribution is 5.94. The highest BCUT2D eigenvalue weighted by atomic mass is 16.6. The molecule has 0 aliphatic carbocycles. The van der Waals surface area contributed by atoms with Crippen molar-refractivity contribution in [3.63, 3.8) is 0 Å². The van der Waals surface area contributed by atoms with Gasteiger partial charge in [0.2, 0.25) is 11.8 Å². The Kier molecular flexibility index (Phi) is 6.79. The molecule has 3 rings (SSSR count). The van der Waals surface area contributed by atoms with Crippen LogP contribution < -0.4 is 4.90 Å². The molecule has 0 bridgehead atoms. The highest BCUT2D eigenvalue weighted by Crippen LogP contribution is 2.19. The predicted octanol–water partition coefficient (Wildman–Crippen LogP) is 2.25. The molecule has 2 amide bonds. The molecule has 158 valence electrons. The third-order valence-corrected chi connectivity index (χ3v) is 5.51. The van der Waals surface area contributed by atoms with Crippen molar-refractivity contribution in [3.8, 4) is 0 Å². The number of nitro groups is 1. The molecule has 0 unspecified atom stereocenters. The number of anilines is 1. The maximum absolute atomic E-state index is 12.6. The van der Waals surface area contributed by atoms with Gasteiger partial charge in [0.15, 0.2) is 0 Å². The fraction of sp³-hybridized carbons (Fsp3) is 0.364. The van der Waals surface area contributed by atoms with Gasteiger partial charge in [0, 0.05) is 51.0 Å². The van der Waals surface area contributed by atoms with Gasteiger partial charge in [-0.1, -0.05) is 24.3 Å². The molecule has 0 radical (unpaired) electrons. The summed E-state index contributed by atoms with van der Waals surface area (Å²) in [5, 5.41) is 10.8. The zero-order valence-electron chi connectivity index (χ0n) is 17.3. The lowest BCUT2D eigenvalue weighted by Crippen LogP contribution is -2.51. The molecular formula is C22H26N4O4. The lowest BCUT2D eigenvalue weighted by Gasteiger charge is -2.35. The molecule has 0 N–H and O–H groups in total. The minimum absolute atomic E-state index is 0.00826. The number of carbonyl (C=O) groups is 2. The number of benzene rings is 2. The van der Waals surface area contributed by atoms with Gasteiger partial charge in [-0.3, -0.25) is 24.6 Å². The van der Waals surface area contributed by atoms with E-state index in [1.165, 1.54) is 17.0 Å². The largest absolute Gasteiger partial charge is 0.340 e. The molecule has 1 fully saturated rings. The minimum atomic E-state index is -0.467. The Labute approximate surface area is 175 Å². The Morgan fingerprint density at radius 3 is 2.27 bits per heavy atom. The molecule has 2 aromatic rings. The van der Waals surface area contributed by atoms with E-state index in [4.69, 9.17) is 0 Å². The van der Waals surface area contributed by atoms with Crippen LogP contribution in [0.25, 0.3) is 0 Å². The molecule has 1 heterocycles. The number of aryl methyl sites for hydroxylation is 1. The van der Waals surface area contributed by atoms with Crippen LogP contribution in [0.5, 0.6) is 0 Å². The van der Waals surface area contributed by atoms with Gasteiger partial charge in [-0.05, 0) is 30.2 Å². The number of nitro benzene ring substituents is 1. The van der Waals surface area contributed by atoms with Gasteiger partial charge in [-0.15, -0.1) is 0 Å². The number of non-ortho nitro benzene ring substituents is 1. The van der Waals surface area contributed by atoms with Crippen molar-refractivity contribution in [2.45, 2.75) is 13.3 Å². The Balaban J connectivity index is 1.49. The van der Waals surface area contributed by atoms with Gasteiger partial charge in [0.1, 0.15) is 0 Å². The van der Waals surface area contributed by atoms with Gasteiger partial charge in [-0.25, -0.2) is 0 Å². The van der Waals surface area contributed by atoms with E-state index in [9.17, 15) is 19.7 Å². The van der Waals surface area contributed by atoms with Crippen molar-refractivity contribution in [2.24, 2.45) is 0 Å². The molecule has 0 spiro atoms. The fourth-order valence-corrected chi connectivity index (χ4v) is 3.48. The van der Waals surface area contributed by atoms with Crippen LogP contribution in [0.4, 0.5) is 11.4 Å². The average molecular weight is 410 g/mol. The summed E-state index contributed by atoms with van der Waals surface area (Å²) in [5.41, 5.74) is 2.76. The predicted molar refractivity (Wildman–Crippen MR) is 114 cm³/mol. The number of likely N-dealkylation sites (N-methyl/N-ethyl adjacent to an activating group) is 1. The van der Waals surface area contributed by atoms with E-state index in [-0.39, 0.29) is 24.0 Å². The Hall–Kier alpha value is -3.26. The lowest BCUT2D eigenvalue weighted by atomic mass is 10.1. The highest BCUT2D eigenvalue weighted by Gasteiger charge is 2.24. The lowest BCUT2D eigenvalue weighted by molar-refractivity contribution is -0.384. The van der Waals surface area contributed by atoms with Crippen molar-refractivity contribution < 1.29 is 14.5 Å². The van der Waals surface area contributed by atoms with E-state index in [1.54, 1.807) is 19.2 Å². The average Bonchev–Trinajstić information content (AvgIpc) is 2.75. The second-order valence-corrected chi connectivity index (χ2v) is 7.49. The second kappa shape index (κ2) is 9.49. The van der Waals surface area contributed by atoms with Crippen LogP contribution in [0.15, 0.2) is 48.5 Å². The summed E-state index contributed by atoms with van der Waals surface area (Å²) >= 11 is 0. The van der Waals surface area contributed by atoms with E-state index < -0.39 is 4.92 Å². The monoisotopic (exact) mass is 410 g/mol. The summed E-state index contributed by atoms with van der Waals surface area (Å²) in [6.07, 6.45) is 0.397. The topological polar surface area (TPSA) is 87.0 Å². The Morgan fingerprint density at radius 1 is 1.03 bits per heavy atom. The Bertz CT molecular complexity index is 921. The number of hydrogen-bond donors (Lipinski definition) is 0. The summed E-state index contributed by atoms with van der Waals surface area (Å²) in [5.74, 6) is 0.0156. The van der Waals surface area contributed by atoms with Gasteiger partial charge in [0.25, 0.3) is 5.69 Å². The molecule has 1 aliphatic heterocycles. The van der Waals surface area contributed by atoms with Crippen LogP contribution in [0, 0.1) is 17.0 Å². The first kappa shape index (κ1) is 21.4. The van der Waals surface area contributed by atoms with Gasteiger partial charge in [0.05, 0.1) is 17.9 Å². The normalized spacial score (nSPS) is 14.4. The molecule has 1 saturated heterocycles. The van der Waals surface area contributed by atoms with Crippen molar-refractivity contribution >= 4 is 23.2 Å². The van der Waals surface area contributed by atoms with E-state index in [1.807, 2.05) is 41.0 Å². The molecule has 8 heteroatoms. The summed E-state index contributed by atoms with van der Waals surface area (Å²) in [6, 6.07) is 13.8. The van der Waals surface area contributed by atoms with E-state index in [0.29, 0.717) is 38.3 Å². The van der Waals surface area contributed by atoms with Crippen LogP contribution >= 0.6 is 0 Å². The van der Waals surface area contributed by atoms with E-state index in [2.05, 4.69) is 0 Å². The molecule has 0 aromatic heterocycles. The molecule has 0 atom stereocenters. The summed E-state index contributed by atoms with van der Waals surface area (Å²) < 4.78 is 0. The van der Waals surface area contributed by atoms with E-state index in [0.717, 1.165) is 11.1 Å². The van der Waals surface area contributed by atoms with Gasteiger partial charge < -0.3 is 9.80 Å². The summed E-state index contributed by atoms with van der Waals surface area (Å²) in [6.45, 7) is 4.72. The maximum atomic E-state index is 12.6. The molecule has 30 heavy (non-hydrogen) atoms. The molecular weight excluding hydrogens is 384 g/mol. The van der Waals surface area contributed by atoms with Crippen molar-refractivity contribution in [2.75, 3.05) is 44.7 Å². The SMILES string of the molecule is Cc1ccccc1CC(=O)N1CCN(CC(=O)N(C)c2ccc([N+](=O)[O-])cc2)CC1. The van der Waals surface area contributed by atoms with Crippen molar-refractivity contribution in [1.29, 1.82) is 0 Å². The molecule has 0 saturated carbocycles. The molecule has 2 aromatic carbocycles. The number of amides is 2. The summed E-state index contributed by atoms with van der Waals surface area (Å²) in [4.78, 5) is 40.9. The third-order valence-electron chi connectivity index (χ3n) is 5.51. The first-order valence-corrected chi connectivity index (χ1v) is 9.91. The summed E-state index contributed by atoms with van der Waals surface area (Å²) in [7, 11) is 1.66. The first-order chi connectivity index (χ1) is 14.3. The molecule has 8 nitrogen and oxygen atoms in total. The van der Waals surface area contributed by atoms with Crippen LogP contribution in [-0.2, 0) is 16.0 Å². The third kappa shape index (κ3) is 5.21. The number of piperazine rings is 1. The fourth-order valence-electron chi connectivity index (χ4n) is 3.48. The van der Waals surface area contributed by atoms with Gasteiger partial charge >= 0.3 is 0 Å². The number of rotatable bonds is 6. The standard InChI is InChI=1S/C22H26N4O4/c1-17-5-3-4-6-18(17)15-21(27)25-13-11-24(12-14-25)16-22(28)23(2)19-7-9-20(10-8-19)26(29)30/h3-10H,11-16H2,1-2H3. The quantitative estimate of drug-likeness (QED) is 0.539. The first-order valence-electron chi connectivity index (χ1n) is 9.91. The maximum Gasteiger partial charge on any atom is 0.269 e. The van der Waals surface area contributed by atoms with Crippen LogP contribution in [0.3, 0.4) is 0 Å². The number of carbonyl (C=O) groups excluding carboxylic acids is 2. The second-order valence-electron chi connectivity index (χ2n) is 7.49. The zero-order chi connectivity index (χ0) is 21.7. The number of nitrogens with zero attached hydrogens (tertiary/aromatic N) is 4. The van der Waals surface area contributed by atoms with Crippen molar-refractivity contribution in [1.82, 2.24) is 9.80 Å². The zero-order valence-corrected chi connectivity index (χ0v) is 17.3. The smallest absolute Gasteiger partial charge is 0.269 e. The molecule has 1 aliphatic rings. The van der Waals surface area contributed by atoms with E-state index >= 15 is 0 Å². The Morgan fingerprint density at radius 2 is 1.67 bits per heavy atom. The number of hydrogen-bond acceptors (Lipinski definition) is 5.